The second-order valence-corrected chi connectivity index (χ2v) is 3.33. The van der Waals surface area contributed by atoms with Crippen molar-refractivity contribution in [2.24, 2.45) is 0 Å². The third-order valence-electron chi connectivity index (χ3n) is 2.38. The normalized spacial score (nSPS) is 20.1. The largest absolute Gasteiger partial charge is 0.371 e. The van der Waals surface area contributed by atoms with Crippen molar-refractivity contribution in [1.82, 2.24) is 0 Å². The van der Waals surface area contributed by atoms with Crippen molar-refractivity contribution in [3.05, 3.63) is 30.1 Å². The Labute approximate surface area is 79.6 Å². The van der Waals surface area contributed by atoms with Crippen LogP contribution in [-0.4, -0.2) is 13.1 Å². The number of benzene rings is 1. The van der Waals surface area contributed by atoms with Gasteiger partial charge in [0.25, 0.3) is 0 Å². The minimum absolute atomic E-state index is 0.0693. The average molecular weight is 180 g/mol. The van der Waals surface area contributed by atoms with Gasteiger partial charge < -0.3 is 4.90 Å². The maximum atomic E-state index is 12.9. The summed E-state index contributed by atoms with van der Waals surface area (Å²) < 4.78 is 20.5. The molecule has 1 aliphatic rings. The second-order valence-electron chi connectivity index (χ2n) is 3.33. The molecule has 70 valence electrons. The van der Waals surface area contributed by atoms with Crippen molar-refractivity contribution in [1.29, 1.82) is 0 Å². The smallest absolute Gasteiger partial charge is 0.125 e. The Morgan fingerprint density at radius 2 is 2.08 bits per heavy atom. The van der Waals surface area contributed by atoms with Crippen LogP contribution in [-0.2, 0) is 0 Å². The molecule has 1 aliphatic heterocycles. The number of hydrogen-bond donors (Lipinski definition) is 0. The fourth-order valence-electron chi connectivity index (χ4n) is 1.68. The maximum Gasteiger partial charge on any atom is 0.125 e. The number of nitrogens with zero attached hydrogens (tertiary/aromatic N) is 1. The quantitative estimate of drug-likeness (QED) is 0.642. The predicted molar refractivity (Wildman–Crippen MR) is 52.5 cm³/mol. The number of hydrogen-bond acceptors (Lipinski definition) is 1. The van der Waals surface area contributed by atoms with Crippen LogP contribution in [0.2, 0.25) is 0 Å². The first kappa shape index (κ1) is 7.36. The van der Waals surface area contributed by atoms with E-state index in [0.717, 1.165) is 31.6 Å². The Balaban J connectivity index is 2.08. The molecule has 0 spiro atoms. The van der Waals surface area contributed by atoms with Gasteiger partial charge in [0.05, 0.1) is 0 Å². The average Bonchev–Trinajstić information content (AvgIpc) is 2.19. The zero-order chi connectivity index (χ0) is 9.97. The highest BCUT2D eigenvalue weighted by molar-refractivity contribution is 5.46. The van der Waals surface area contributed by atoms with Gasteiger partial charge in [0.1, 0.15) is 5.82 Å². The van der Waals surface area contributed by atoms with Gasteiger partial charge in [0.2, 0.25) is 0 Å². The van der Waals surface area contributed by atoms with Crippen LogP contribution in [0.25, 0.3) is 0 Å². The van der Waals surface area contributed by atoms with Gasteiger partial charge in [-0.15, -0.1) is 0 Å². The summed E-state index contributed by atoms with van der Waals surface area (Å²) in [6.45, 7) is 1.75. The maximum absolute atomic E-state index is 12.9. The molecule has 1 saturated heterocycles. The molecule has 2 heteroatoms. The molecule has 1 heterocycles. The fraction of sp³-hybridized carbons (Fsp3) is 0.455. The summed E-state index contributed by atoms with van der Waals surface area (Å²) in [6.07, 6.45) is 1.84. The molecule has 13 heavy (non-hydrogen) atoms. The van der Waals surface area contributed by atoms with Crippen molar-refractivity contribution in [2.75, 3.05) is 18.0 Å². The van der Waals surface area contributed by atoms with Gasteiger partial charge in [-0.25, -0.2) is 4.39 Å². The highest BCUT2D eigenvalue weighted by Gasteiger charge is 2.10. The van der Waals surface area contributed by atoms with Crippen molar-refractivity contribution < 1.29 is 5.76 Å². The van der Waals surface area contributed by atoms with Crippen LogP contribution in [0.3, 0.4) is 0 Å². The lowest BCUT2D eigenvalue weighted by Crippen LogP contribution is -2.29. The lowest BCUT2D eigenvalue weighted by Gasteiger charge is -2.28. The first-order valence-electron chi connectivity index (χ1n) is 5.26. The van der Waals surface area contributed by atoms with E-state index >= 15 is 0 Å². The zero-order valence-electron chi connectivity index (χ0n) is 8.54. The minimum atomic E-state index is -0.185. The van der Waals surface area contributed by atoms with Gasteiger partial charge in [-0.3, -0.25) is 0 Å². The van der Waals surface area contributed by atoms with Crippen LogP contribution < -0.4 is 4.90 Å². The molecular formula is C11H14FN. The SMILES string of the molecule is [2H]C1CCN(c2cccc(F)c2)CC1. The molecule has 0 aliphatic carbocycles. The summed E-state index contributed by atoms with van der Waals surface area (Å²) in [5.41, 5.74) is 0.942. The van der Waals surface area contributed by atoms with Gasteiger partial charge in [-0.1, -0.05) is 6.07 Å². The lowest BCUT2D eigenvalue weighted by atomic mass is 10.1. The minimum Gasteiger partial charge on any atom is -0.371 e. The Kier molecular flexibility index (Phi) is 2.14. The van der Waals surface area contributed by atoms with Crippen LogP contribution in [0.5, 0.6) is 0 Å². The van der Waals surface area contributed by atoms with Crippen molar-refractivity contribution in [2.45, 2.75) is 19.2 Å². The number of halogens is 1. The van der Waals surface area contributed by atoms with Crippen LogP contribution in [0.1, 0.15) is 20.6 Å². The summed E-state index contributed by atoms with van der Waals surface area (Å²) >= 11 is 0. The molecule has 0 amide bonds. The van der Waals surface area contributed by atoms with Gasteiger partial charge in [-0.05, 0) is 37.4 Å². The Morgan fingerprint density at radius 1 is 1.31 bits per heavy atom. The van der Waals surface area contributed by atoms with Crippen LogP contribution in [0, 0.1) is 5.82 Å². The summed E-state index contributed by atoms with van der Waals surface area (Å²) in [5, 5.41) is 0. The molecule has 0 saturated carbocycles. The van der Waals surface area contributed by atoms with Crippen LogP contribution in [0.4, 0.5) is 10.1 Å². The van der Waals surface area contributed by atoms with Crippen molar-refractivity contribution >= 4 is 5.69 Å². The monoisotopic (exact) mass is 180 g/mol. The Hall–Kier alpha value is -1.05. The predicted octanol–water partition coefficient (Wildman–Crippen LogP) is 2.82. The third-order valence-corrected chi connectivity index (χ3v) is 2.38. The molecular weight excluding hydrogens is 165 g/mol. The van der Waals surface area contributed by atoms with Gasteiger partial charge in [-0.2, -0.15) is 0 Å². The van der Waals surface area contributed by atoms with E-state index in [1.54, 1.807) is 12.1 Å². The number of rotatable bonds is 1. The van der Waals surface area contributed by atoms with E-state index < -0.39 is 0 Å². The first-order valence-corrected chi connectivity index (χ1v) is 4.68. The van der Waals surface area contributed by atoms with Gasteiger partial charge in [0, 0.05) is 20.1 Å². The van der Waals surface area contributed by atoms with Crippen LogP contribution >= 0.6 is 0 Å². The van der Waals surface area contributed by atoms with E-state index in [1.807, 2.05) is 6.07 Å². The van der Waals surface area contributed by atoms with E-state index in [-0.39, 0.29) is 12.2 Å². The summed E-state index contributed by atoms with van der Waals surface area (Å²) in [5.74, 6) is -0.185. The molecule has 0 bridgehead atoms. The fourth-order valence-corrected chi connectivity index (χ4v) is 1.68. The molecule has 0 unspecified atom stereocenters. The molecule has 2 rings (SSSR count). The van der Waals surface area contributed by atoms with Crippen LogP contribution in [0.15, 0.2) is 24.3 Å². The standard InChI is InChI=1S/C11H14FN/c12-10-5-4-6-11(9-10)13-7-2-1-3-8-13/h4-6,9H,1-3,7-8H2/i1D. The molecule has 0 atom stereocenters. The molecule has 1 fully saturated rings. The number of piperidine rings is 1. The van der Waals surface area contributed by atoms with Gasteiger partial charge in [0.15, 0.2) is 0 Å². The van der Waals surface area contributed by atoms with Crippen molar-refractivity contribution in [3.63, 3.8) is 0 Å². The third kappa shape index (κ3) is 2.00. The zero-order valence-corrected chi connectivity index (χ0v) is 7.54. The van der Waals surface area contributed by atoms with E-state index in [4.69, 9.17) is 1.37 Å². The molecule has 0 N–H and O–H groups in total. The van der Waals surface area contributed by atoms with E-state index in [2.05, 4.69) is 4.90 Å². The molecule has 1 aromatic carbocycles. The van der Waals surface area contributed by atoms with Crippen molar-refractivity contribution in [3.8, 4) is 0 Å². The summed E-state index contributed by atoms with van der Waals surface area (Å²) in [7, 11) is 0. The van der Waals surface area contributed by atoms with Gasteiger partial charge >= 0.3 is 0 Å². The molecule has 0 radical (unpaired) electrons. The second kappa shape index (κ2) is 3.77. The highest BCUT2D eigenvalue weighted by atomic mass is 19.1. The topological polar surface area (TPSA) is 3.24 Å². The molecule has 0 aromatic heterocycles. The van der Waals surface area contributed by atoms with E-state index in [9.17, 15) is 4.39 Å². The first-order chi connectivity index (χ1) is 6.75. The Morgan fingerprint density at radius 3 is 2.77 bits per heavy atom. The lowest BCUT2D eigenvalue weighted by molar-refractivity contribution is 0.574. The molecule has 1 aromatic rings. The Bertz CT molecular complexity index is 308. The summed E-state index contributed by atoms with van der Waals surface area (Å²) in [4.78, 5) is 2.15. The molecule has 1 nitrogen and oxygen atoms in total. The van der Waals surface area contributed by atoms with E-state index in [1.165, 1.54) is 6.07 Å². The highest BCUT2D eigenvalue weighted by Crippen LogP contribution is 2.19. The number of anilines is 1. The summed E-state index contributed by atoms with van der Waals surface area (Å²) in [6, 6.07) is 6.68. The van der Waals surface area contributed by atoms with E-state index in [0.29, 0.717) is 0 Å².